The van der Waals surface area contributed by atoms with Crippen molar-refractivity contribution in [3.05, 3.63) is 28.3 Å². The lowest BCUT2D eigenvalue weighted by Crippen LogP contribution is -2.37. The molecule has 0 aromatic heterocycles. The van der Waals surface area contributed by atoms with Crippen molar-refractivity contribution in [1.29, 1.82) is 0 Å². The monoisotopic (exact) mass is 312 g/mol. The van der Waals surface area contributed by atoms with E-state index < -0.39 is 14.9 Å². The van der Waals surface area contributed by atoms with Crippen LogP contribution in [-0.2, 0) is 10.0 Å². The molecule has 0 amide bonds. The molecular weight excluding hydrogens is 296 g/mol. The first-order chi connectivity index (χ1) is 9.93. The number of nitro groups is 1. The van der Waals surface area contributed by atoms with Crippen molar-refractivity contribution in [3.63, 3.8) is 0 Å². The lowest BCUT2D eigenvalue weighted by Gasteiger charge is -2.26. The number of piperidine rings is 1. The van der Waals surface area contributed by atoms with Crippen LogP contribution < -0.4 is 11.3 Å². The zero-order valence-electron chi connectivity index (χ0n) is 11.2. The van der Waals surface area contributed by atoms with Crippen molar-refractivity contribution in [2.75, 3.05) is 12.0 Å². The van der Waals surface area contributed by atoms with E-state index in [0.717, 1.165) is 25.3 Å². The Morgan fingerprint density at radius 1 is 1.38 bits per heavy atom. The summed E-state index contributed by atoms with van der Waals surface area (Å²) >= 11 is 0. The molecule has 0 radical (unpaired) electrons. The Balaban J connectivity index is 1.99. The summed E-state index contributed by atoms with van der Waals surface area (Å²) in [6.07, 6.45) is 2.82. The maximum atomic E-state index is 12.7. The predicted molar refractivity (Wildman–Crippen MR) is 75.9 cm³/mol. The van der Waals surface area contributed by atoms with Crippen LogP contribution in [0.5, 0.6) is 0 Å². The number of hydrogen-bond donors (Lipinski definition) is 2. The third kappa shape index (κ3) is 2.27. The van der Waals surface area contributed by atoms with Gasteiger partial charge < -0.3 is 5.43 Å². The minimum absolute atomic E-state index is 0.0337. The number of benzene rings is 1. The molecule has 3 N–H and O–H groups in total. The highest BCUT2D eigenvalue weighted by atomic mass is 32.2. The zero-order chi connectivity index (χ0) is 15.2. The fourth-order valence-corrected chi connectivity index (χ4v) is 5.02. The summed E-state index contributed by atoms with van der Waals surface area (Å²) in [6, 6.07) is 3.77. The van der Waals surface area contributed by atoms with E-state index in [1.165, 1.54) is 16.4 Å². The average molecular weight is 312 g/mol. The summed E-state index contributed by atoms with van der Waals surface area (Å²) in [7, 11) is -3.69. The van der Waals surface area contributed by atoms with E-state index in [1.807, 2.05) is 0 Å². The van der Waals surface area contributed by atoms with Gasteiger partial charge in [0.1, 0.15) is 5.69 Å². The first-order valence-corrected chi connectivity index (χ1v) is 8.14. The molecule has 1 aliphatic heterocycles. The SMILES string of the molecule is NNc1ccc(S(=O)(=O)N2CC3CCC2C3)cc1[N+](=O)[O-]. The summed E-state index contributed by atoms with van der Waals surface area (Å²) in [5, 5.41) is 11.0. The molecule has 1 saturated heterocycles. The fraction of sp³-hybridized carbons (Fsp3) is 0.500. The van der Waals surface area contributed by atoms with Crippen LogP contribution in [0.4, 0.5) is 11.4 Å². The van der Waals surface area contributed by atoms with Crippen molar-refractivity contribution < 1.29 is 13.3 Å². The van der Waals surface area contributed by atoms with Crippen LogP contribution in [0.25, 0.3) is 0 Å². The molecule has 1 aromatic carbocycles. The number of anilines is 1. The number of nitrogen functional groups attached to an aromatic ring is 1. The molecule has 2 bridgehead atoms. The van der Waals surface area contributed by atoms with Gasteiger partial charge in [0.25, 0.3) is 5.69 Å². The fourth-order valence-electron chi connectivity index (χ4n) is 3.25. The van der Waals surface area contributed by atoms with E-state index in [2.05, 4.69) is 5.43 Å². The molecule has 3 rings (SSSR count). The lowest BCUT2D eigenvalue weighted by atomic mass is 10.1. The maximum absolute atomic E-state index is 12.7. The van der Waals surface area contributed by atoms with E-state index >= 15 is 0 Å². The number of fused-ring (bicyclic) bond motifs is 2. The second kappa shape index (κ2) is 4.93. The Morgan fingerprint density at radius 2 is 2.14 bits per heavy atom. The molecule has 1 aliphatic carbocycles. The van der Waals surface area contributed by atoms with Gasteiger partial charge in [0.15, 0.2) is 0 Å². The van der Waals surface area contributed by atoms with Gasteiger partial charge in [-0.05, 0) is 37.3 Å². The van der Waals surface area contributed by atoms with Gasteiger partial charge >= 0.3 is 0 Å². The zero-order valence-corrected chi connectivity index (χ0v) is 12.0. The van der Waals surface area contributed by atoms with Crippen molar-refractivity contribution in [1.82, 2.24) is 4.31 Å². The Bertz CT molecular complexity index is 690. The van der Waals surface area contributed by atoms with E-state index in [1.54, 1.807) is 0 Å². The van der Waals surface area contributed by atoms with Gasteiger partial charge in [0.2, 0.25) is 10.0 Å². The minimum atomic E-state index is -3.69. The third-order valence-corrected chi connectivity index (χ3v) is 6.20. The predicted octanol–water partition coefficient (Wildman–Crippen LogP) is 1.05. The van der Waals surface area contributed by atoms with E-state index in [4.69, 9.17) is 5.84 Å². The number of rotatable bonds is 4. The Kier molecular flexibility index (Phi) is 3.34. The molecule has 1 saturated carbocycles. The number of hydrogen-bond acceptors (Lipinski definition) is 6. The quantitative estimate of drug-likeness (QED) is 0.487. The van der Waals surface area contributed by atoms with Gasteiger partial charge in [0.05, 0.1) is 9.82 Å². The lowest BCUT2D eigenvalue weighted by molar-refractivity contribution is -0.384. The molecular formula is C12H16N4O4S. The van der Waals surface area contributed by atoms with Gasteiger partial charge in [0, 0.05) is 18.7 Å². The maximum Gasteiger partial charge on any atom is 0.294 e. The van der Waals surface area contributed by atoms with Gasteiger partial charge in [-0.1, -0.05) is 0 Å². The van der Waals surface area contributed by atoms with Crippen LogP contribution in [0.2, 0.25) is 0 Å². The number of hydrazine groups is 1. The van der Waals surface area contributed by atoms with Crippen LogP contribution in [-0.4, -0.2) is 30.2 Å². The molecule has 0 spiro atoms. The first kappa shape index (κ1) is 14.2. The largest absolute Gasteiger partial charge is 0.318 e. The van der Waals surface area contributed by atoms with Crippen molar-refractivity contribution in [3.8, 4) is 0 Å². The molecule has 1 heterocycles. The second-order valence-corrected chi connectivity index (χ2v) is 7.38. The molecule has 21 heavy (non-hydrogen) atoms. The van der Waals surface area contributed by atoms with Gasteiger partial charge in [-0.25, -0.2) is 8.42 Å². The van der Waals surface area contributed by atoms with E-state index in [0.29, 0.717) is 12.5 Å². The number of nitro benzene ring substituents is 1. The number of nitrogens with zero attached hydrogens (tertiary/aromatic N) is 2. The van der Waals surface area contributed by atoms with Crippen LogP contribution in [0, 0.1) is 16.0 Å². The summed E-state index contributed by atoms with van der Waals surface area (Å²) in [6.45, 7) is 0.512. The molecule has 2 aliphatic rings. The van der Waals surface area contributed by atoms with Crippen LogP contribution in [0.1, 0.15) is 19.3 Å². The molecule has 2 fully saturated rings. The molecule has 9 heteroatoms. The van der Waals surface area contributed by atoms with Crippen molar-refractivity contribution >= 4 is 21.4 Å². The van der Waals surface area contributed by atoms with Crippen molar-refractivity contribution in [2.45, 2.75) is 30.2 Å². The number of sulfonamides is 1. The summed E-state index contributed by atoms with van der Waals surface area (Å²) in [5.41, 5.74) is 1.94. The molecule has 2 atom stereocenters. The highest BCUT2D eigenvalue weighted by Crippen LogP contribution is 2.41. The smallest absolute Gasteiger partial charge is 0.294 e. The Hall–Kier alpha value is -1.71. The topological polar surface area (TPSA) is 119 Å². The minimum Gasteiger partial charge on any atom is -0.318 e. The van der Waals surface area contributed by atoms with E-state index in [9.17, 15) is 18.5 Å². The number of nitrogens with one attached hydrogen (secondary N) is 1. The normalized spacial score (nSPS) is 25.2. The summed E-state index contributed by atoms with van der Waals surface area (Å²) in [5.74, 6) is 5.63. The van der Waals surface area contributed by atoms with Crippen LogP contribution in [0.15, 0.2) is 23.1 Å². The van der Waals surface area contributed by atoms with Gasteiger partial charge in [-0.3, -0.25) is 16.0 Å². The molecule has 2 unspecified atom stereocenters. The second-order valence-electron chi connectivity index (χ2n) is 5.49. The van der Waals surface area contributed by atoms with Gasteiger partial charge in [-0.2, -0.15) is 4.31 Å². The highest BCUT2D eigenvalue weighted by Gasteiger charge is 2.44. The molecule has 8 nitrogen and oxygen atoms in total. The molecule has 114 valence electrons. The third-order valence-electron chi connectivity index (χ3n) is 4.29. The van der Waals surface area contributed by atoms with Gasteiger partial charge in [-0.15, -0.1) is 0 Å². The van der Waals surface area contributed by atoms with Crippen molar-refractivity contribution in [2.24, 2.45) is 11.8 Å². The summed E-state index contributed by atoms with van der Waals surface area (Å²) < 4.78 is 26.8. The van der Waals surface area contributed by atoms with Crippen LogP contribution in [0.3, 0.4) is 0 Å². The molecule has 1 aromatic rings. The Morgan fingerprint density at radius 3 is 2.67 bits per heavy atom. The van der Waals surface area contributed by atoms with E-state index in [-0.39, 0.29) is 22.3 Å². The standard InChI is InChI=1S/C12H16N4O4S/c13-14-11-4-3-10(6-12(11)16(17)18)21(19,20)15-7-8-1-2-9(15)5-8/h3-4,6,8-9,14H,1-2,5,7,13H2. The Labute approximate surface area is 122 Å². The summed E-state index contributed by atoms with van der Waals surface area (Å²) in [4.78, 5) is 10.3. The first-order valence-electron chi connectivity index (χ1n) is 6.70. The average Bonchev–Trinajstić information content (AvgIpc) is 3.09. The number of nitrogens with two attached hydrogens (primary N) is 1. The highest BCUT2D eigenvalue weighted by molar-refractivity contribution is 7.89. The van der Waals surface area contributed by atoms with Crippen LogP contribution >= 0.6 is 0 Å².